The molecule has 116 valence electrons. The first kappa shape index (κ1) is 18.8. The summed E-state index contributed by atoms with van der Waals surface area (Å²) in [5.74, 6) is -1.16. The van der Waals surface area contributed by atoms with E-state index < -0.39 is 43.0 Å². The Labute approximate surface area is 111 Å². The minimum atomic E-state index is -5.60. The summed E-state index contributed by atoms with van der Waals surface area (Å²) in [5.41, 5.74) is -5.45. The average Bonchev–Trinajstić information content (AvgIpc) is 2.23. The van der Waals surface area contributed by atoms with Crippen LogP contribution in [0.25, 0.3) is 0 Å². The minimum absolute atomic E-state index is 0.306. The van der Waals surface area contributed by atoms with Crippen molar-refractivity contribution >= 4 is 18.4 Å². The van der Waals surface area contributed by atoms with Crippen LogP contribution in [0.5, 0.6) is 0 Å². The van der Waals surface area contributed by atoms with Gasteiger partial charge in [-0.05, 0) is 19.5 Å². The molecule has 0 rings (SSSR count). The van der Waals surface area contributed by atoms with E-state index in [1.54, 1.807) is 20.0 Å². The molecule has 0 aliphatic rings. The Kier molecular flexibility index (Phi) is 6.93. The summed E-state index contributed by atoms with van der Waals surface area (Å²) in [4.78, 5) is 0. The molecule has 0 saturated carbocycles. The Balaban J connectivity index is 4.19. The molecular weight excluding hydrogens is 308 g/mol. The fourth-order valence-corrected chi connectivity index (χ4v) is 3.40. The number of hydrogen-bond donors (Lipinski definition) is 0. The fourth-order valence-electron chi connectivity index (χ4n) is 1.21. The molecule has 0 amide bonds. The van der Waals surface area contributed by atoms with Gasteiger partial charge in [0.05, 0.1) is 13.2 Å². The molecule has 1 unspecified atom stereocenters. The Hall–Kier alpha value is -0.193. The Bertz CT molecular complexity index is 369. The summed E-state index contributed by atoms with van der Waals surface area (Å²) in [6.07, 6.45) is 0.931. The van der Waals surface area contributed by atoms with Gasteiger partial charge in [-0.3, -0.25) is 4.18 Å². The quantitative estimate of drug-likeness (QED) is 0.226. The highest BCUT2D eigenvalue weighted by Gasteiger charge is 2.47. The highest BCUT2D eigenvalue weighted by molar-refractivity contribution is 7.87. The van der Waals surface area contributed by atoms with Crippen LogP contribution in [-0.4, -0.2) is 41.3 Å². The maximum atomic E-state index is 13.6. The van der Waals surface area contributed by atoms with E-state index in [1.807, 2.05) is 0 Å². The number of halogens is 4. The molecular formula is C9H18F4O4SSi. The molecule has 0 aliphatic carbocycles. The van der Waals surface area contributed by atoms with Crippen molar-refractivity contribution < 1.29 is 34.6 Å². The lowest BCUT2D eigenvalue weighted by Crippen LogP contribution is -2.43. The molecule has 0 radical (unpaired) electrons. The van der Waals surface area contributed by atoms with E-state index in [9.17, 15) is 26.0 Å². The average molecular weight is 326 g/mol. The van der Waals surface area contributed by atoms with Crippen molar-refractivity contribution in [2.75, 3.05) is 13.2 Å². The summed E-state index contributed by atoms with van der Waals surface area (Å²) in [7, 11) is -8.30. The lowest BCUT2D eigenvalue weighted by molar-refractivity contribution is -0.0547. The molecule has 0 saturated heterocycles. The second kappa shape index (κ2) is 7.00. The van der Waals surface area contributed by atoms with Gasteiger partial charge in [-0.2, -0.15) is 21.6 Å². The van der Waals surface area contributed by atoms with Gasteiger partial charge in [0, 0.05) is 0 Å². The molecule has 0 aromatic heterocycles. The second-order valence-electron chi connectivity index (χ2n) is 4.43. The van der Waals surface area contributed by atoms with Gasteiger partial charge in [0.15, 0.2) is 0 Å². The van der Waals surface area contributed by atoms with Crippen LogP contribution in [0.3, 0.4) is 0 Å². The van der Waals surface area contributed by atoms with Crippen molar-refractivity contribution in [3.63, 3.8) is 0 Å². The molecule has 1 atom stereocenters. The molecule has 0 aliphatic heterocycles. The van der Waals surface area contributed by atoms with Gasteiger partial charge in [-0.25, -0.2) is 4.39 Å². The van der Waals surface area contributed by atoms with Crippen LogP contribution in [0.2, 0.25) is 13.1 Å². The van der Waals surface area contributed by atoms with E-state index in [0.29, 0.717) is 12.8 Å². The van der Waals surface area contributed by atoms with E-state index >= 15 is 0 Å². The van der Waals surface area contributed by atoms with Crippen LogP contribution in [0, 0.1) is 0 Å². The minimum Gasteiger partial charge on any atom is -0.412 e. The Morgan fingerprint density at radius 2 is 1.74 bits per heavy atom. The molecule has 0 fully saturated rings. The Morgan fingerprint density at radius 3 is 2.16 bits per heavy atom. The van der Waals surface area contributed by atoms with Crippen LogP contribution in [0.1, 0.15) is 19.8 Å². The van der Waals surface area contributed by atoms with Crippen molar-refractivity contribution in [3.05, 3.63) is 0 Å². The smallest absolute Gasteiger partial charge is 0.412 e. The Morgan fingerprint density at radius 1 is 1.21 bits per heavy atom. The van der Waals surface area contributed by atoms with Gasteiger partial charge in [0.2, 0.25) is 8.32 Å². The zero-order chi connectivity index (χ0) is 15.3. The number of rotatable bonds is 8. The standard InChI is InChI=1S/C9H18F4O4SSi/c1-4-5-8(10)19(2,3)17-7-6-16-18(14,15)9(11,12)13/h8H,4-7H2,1-3H3. The first-order valence-electron chi connectivity index (χ1n) is 5.67. The van der Waals surface area contributed by atoms with Gasteiger partial charge in [0.1, 0.15) is 5.79 Å². The van der Waals surface area contributed by atoms with Crippen LogP contribution in [0.4, 0.5) is 17.6 Å². The molecule has 0 aromatic rings. The maximum absolute atomic E-state index is 13.6. The van der Waals surface area contributed by atoms with Crippen LogP contribution >= 0.6 is 0 Å². The van der Waals surface area contributed by atoms with Crippen molar-refractivity contribution in [2.45, 2.75) is 44.2 Å². The van der Waals surface area contributed by atoms with E-state index in [0.717, 1.165) is 0 Å². The zero-order valence-corrected chi connectivity index (χ0v) is 12.8. The summed E-state index contributed by atoms with van der Waals surface area (Å²) in [6.45, 7) is 3.78. The summed E-state index contributed by atoms with van der Waals surface area (Å²) in [6, 6.07) is 0. The number of hydrogen-bond acceptors (Lipinski definition) is 4. The molecule has 0 N–H and O–H groups in total. The SMILES string of the molecule is CCCC(F)[Si](C)(C)OCCOS(=O)(=O)C(F)(F)F. The molecule has 4 nitrogen and oxygen atoms in total. The van der Waals surface area contributed by atoms with E-state index in [2.05, 4.69) is 4.18 Å². The van der Waals surface area contributed by atoms with Gasteiger partial charge < -0.3 is 4.43 Å². The van der Waals surface area contributed by atoms with Gasteiger partial charge in [-0.15, -0.1) is 0 Å². The predicted molar refractivity (Wildman–Crippen MR) is 64.2 cm³/mol. The maximum Gasteiger partial charge on any atom is 0.523 e. The second-order valence-corrected chi connectivity index (χ2v) is 10.2. The van der Waals surface area contributed by atoms with E-state index in [-0.39, 0.29) is 0 Å². The normalized spacial score (nSPS) is 15.5. The van der Waals surface area contributed by atoms with Crippen LogP contribution < -0.4 is 0 Å². The summed E-state index contributed by atoms with van der Waals surface area (Å²) in [5, 5.41) is 0. The predicted octanol–water partition coefficient (Wildman–Crippen LogP) is 2.75. The van der Waals surface area contributed by atoms with Crippen LogP contribution in [-0.2, 0) is 18.7 Å². The van der Waals surface area contributed by atoms with Crippen molar-refractivity contribution in [1.82, 2.24) is 0 Å². The third-order valence-corrected chi connectivity index (χ3v) is 6.17. The summed E-state index contributed by atoms with van der Waals surface area (Å²) < 4.78 is 79.4. The highest BCUT2D eigenvalue weighted by atomic mass is 32.2. The van der Waals surface area contributed by atoms with Gasteiger partial charge >= 0.3 is 15.6 Å². The van der Waals surface area contributed by atoms with Crippen molar-refractivity contribution in [1.29, 1.82) is 0 Å². The molecule has 10 heteroatoms. The van der Waals surface area contributed by atoms with Gasteiger partial charge in [-0.1, -0.05) is 13.3 Å². The van der Waals surface area contributed by atoms with E-state index in [1.165, 1.54) is 0 Å². The molecule has 0 bridgehead atoms. The zero-order valence-electron chi connectivity index (χ0n) is 11.0. The third kappa shape index (κ3) is 6.19. The fraction of sp³-hybridized carbons (Fsp3) is 1.00. The van der Waals surface area contributed by atoms with E-state index in [4.69, 9.17) is 4.43 Å². The molecule has 19 heavy (non-hydrogen) atoms. The van der Waals surface area contributed by atoms with Crippen molar-refractivity contribution in [2.24, 2.45) is 0 Å². The van der Waals surface area contributed by atoms with Gasteiger partial charge in [0.25, 0.3) is 0 Å². The highest BCUT2D eigenvalue weighted by Crippen LogP contribution is 2.24. The van der Waals surface area contributed by atoms with Crippen LogP contribution in [0.15, 0.2) is 0 Å². The molecule has 0 spiro atoms. The monoisotopic (exact) mass is 326 g/mol. The lowest BCUT2D eigenvalue weighted by atomic mass is 10.4. The number of alkyl halides is 4. The molecule has 0 heterocycles. The molecule has 0 aromatic carbocycles. The topological polar surface area (TPSA) is 52.6 Å². The summed E-state index contributed by atoms with van der Waals surface area (Å²) >= 11 is 0. The first-order chi connectivity index (χ1) is 8.44. The third-order valence-electron chi connectivity index (χ3n) is 2.38. The lowest BCUT2D eigenvalue weighted by Gasteiger charge is -2.26. The largest absolute Gasteiger partial charge is 0.523 e. The first-order valence-corrected chi connectivity index (χ1v) is 10.1. The van der Waals surface area contributed by atoms with Crippen molar-refractivity contribution in [3.8, 4) is 0 Å².